The van der Waals surface area contributed by atoms with E-state index in [0.717, 1.165) is 60.6 Å². The second-order valence-electron chi connectivity index (χ2n) is 8.66. The molecule has 4 rings (SSSR count). The lowest BCUT2D eigenvalue weighted by Crippen LogP contribution is -2.37. The van der Waals surface area contributed by atoms with Crippen LogP contribution in [0.2, 0.25) is 0 Å². The predicted octanol–water partition coefficient (Wildman–Crippen LogP) is 6.00. The zero-order valence-electron chi connectivity index (χ0n) is 18.6. The summed E-state index contributed by atoms with van der Waals surface area (Å²) in [5.41, 5.74) is 0.00467. The van der Waals surface area contributed by atoms with Crippen LogP contribution in [0.4, 0.5) is 29.3 Å². The Morgan fingerprint density at radius 1 is 0.971 bits per heavy atom. The van der Waals surface area contributed by atoms with Gasteiger partial charge in [0.15, 0.2) is 0 Å². The van der Waals surface area contributed by atoms with Gasteiger partial charge in [-0.1, -0.05) is 19.6 Å². The number of rotatable bonds is 6. The summed E-state index contributed by atoms with van der Waals surface area (Å²) < 4.78 is 53.1. The molecular formula is C25H31F4N5. The average Bonchev–Trinajstić information content (AvgIpc) is 2.77. The third-order valence-corrected chi connectivity index (χ3v) is 6.02. The molecular weight excluding hydrogens is 446 g/mol. The van der Waals surface area contributed by atoms with E-state index in [9.17, 15) is 17.6 Å². The molecule has 34 heavy (non-hydrogen) atoms. The molecule has 3 aromatic rings. The van der Waals surface area contributed by atoms with Gasteiger partial charge in [0.05, 0.1) is 11.1 Å². The van der Waals surface area contributed by atoms with Crippen LogP contribution >= 0.6 is 0 Å². The van der Waals surface area contributed by atoms with Crippen molar-refractivity contribution in [3.8, 4) is 0 Å². The number of alkyl halides is 3. The van der Waals surface area contributed by atoms with Crippen molar-refractivity contribution in [1.82, 2.24) is 15.3 Å². The number of hydrogen-bond donors (Lipinski definition) is 2. The monoisotopic (exact) mass is 477 g/mol. The molecule has 1 aliphatic rings. The van der Waals surface area contributed by atoms with E-state index in [2.05, 4.69) is 20.6 Å². The van der Waals surface area contributed by atoms with E-state index < -0.39 is 17.6 Å². The van der Waals surface area contributed by atoms with Crippen molar-refractivity contribution < 1.29 is 17.6 Å². The lowest BCUT2D eigenvalue weighted by atomic mass is 9.91. The number of hydrogen-bond acceptors (Lipinski definition) is 5. The number of benzene rings is 2. The molecule has 2 aromatic carbocycles. The van der Waals surface area contributed by atoms with Crippen LogP contribution in [0.1, 0.15) is 44.2 Å². The van der Waals surface area contributed by atoms with Crippen molar-refractivity contribution in [2.75, 3.05) is 24.3 Å². The van der Waals surface area contributed by atoms with Gasteiger partial charge in [-0.2, -0.15) is 18.2 Å². The second-order valence-corrected chi connectivity index (χ2v) is 8.66. The molecule has 2 N–H and O–H groups in total. The average molecular weight is 478 g/mol. The van der Waals surface area contributed by atoms with Crippen LogP contribution in [-0.4, -0.2) is 36.1 Å². The topological polar surface area (TPSA) is 53.1 Å². The first-order valence-electron chi connectivity index (χ1n) is 11.0. The van der Waals surface area contributed by atoms with E-state index in [1.807, 2.05) is 43.3 Å². The molecule has 0 radical (unpaired) electrons. The van der Waals surface area contributed by atoms with Gasteiger partial charge in [-0.05, 0) is 61.6 Å². The third-order valence-electron chi connectivity index (χ3n) is 6.02. The fourth-order valence-electron chi connectivity index (χ4n) is 4.33. The first kappa shape index (κ1) is 25.7. The van der Waals surface area contributed by atoms with Gasteiger partial charge in [0.1, 0.15) is 11.6 Å². The Hall–Kier alpha value is -2.94. The third kappa shape index (κ3) is 5.94. The molecule has 0 aliphatic heterocycles. The van der Waals surface area contributed by atoms with Crippen molar-refractivity contribution in [3.63, 3.8) is 0 Å². The zero-order chi connectivity index (χ0) is 23.6. The lowest BCUT2D eigenvalue weighted by Gasteiger charge is -2.30. The van der Waals surface area contributed by atoms with Crippen LogP contribution in [-0.2, 0) is 12.7 Å². The predicted molar refractivity (Wildman–Crippen MR) is 129 cm³/mol. The summed E-state index contributed by atoms with van der Waals surface area (Å²) in [6, 6.07) is 10.7. The maximum Gasteiger partial charge on any atom is 0.416 e. The Balaban J connectivity index is 0.00000324. The SMILES string of the molecule is C.CN(C)c1nc(NC2CCC(NCc3cc(F)ccc3C(F)(F)F)CC2)nc2ccccc12. The fraction of sp³-hybridized carbons (Fsp3) is 0.440. The molecule has 0 saturated heterocycles. The quantitative estimate of drug-likeness (QED) is 0.427. The fourth-order valence-corrected chi connectivity index (χ4v) is 4.33. The smallest absolute Gasteiger partial charge is 0.362 e. The highest BCUT2D eigenvalue weighted by atomic mass is 19.4. The molecule has 184 valence electrons. The van der Waals surface area contributed by atoms with Gasteiger partial charge in [-0.25, -0.2) is 9.37 Å². The summed E-state index contributed by atoms with van der Waals surface area (Å²) >= 11 is 0. The first-order chi connectivity index (χ1) is 15.7. The van der Waals surface area contributed by atoms with Gasteiger partial charge in [0.25, 0.3) is 0 Å². The maximum absolute atomic E-state index is 13.5. The number of anilines is 2. The summed E-state index contributed by atoms with van der Waals surface area (Å²) in [7, 11) is 3.89. The van der Waals surface area contributed by atoms with Gasteiger partial charge in [-0.3, -0.25) is 0 Å². The summed E-state index contributed by atoms with van der Waals surface area (Å²) in [6.45, 7) is -0.0185. The summed E-state index contributed by atoms with van der Waals surface area (Å²) in [5.74, 6) is 0.748. The van der Waals surface area contributed by atoms with Crippen molar-refractivity contribution >= 4 is 22.7 Å². The molecule has 9 heteroatoms. The standard InChI is InChI=1S/C24H27F4N5.CH4/c1-33(2)22-19-5-3-4-6-21(19)31-23(32-22)30-18-10-8-17(9-11-18)29-14-15-13-16(25)7-12-20(15)24(26,27)28;/h3-7,12-13,17-18,29H,8-11,14H2,1-2H3,(H,30,31,32);1H4. The van der Waals surface area contributed by atoms with Crippen LogP contribution in [0.25, 0.3) is 10.9 Å². The van der Waals surface area contributed by atoms with Gasteiger partial charge < -0.3 is 15.5 Å². The Morgan fingerprint density at radius 3 is 2.32 bits per heavy atom. The minimum absolute atomic E-state index is 0. The molecule has 1 saturated carbocycles. The summed E-state index contributed by atoms with van der Waals surface area (Å²) in [6.07, 6.45) is -1.25. The van der Waals surface area contributed by atoms with Crippen molar-refractivity contribution in [2.24, 2.45) is 0 Å². The Labute approximate surface area is 197 Å². The molecule has 1 aromatic heterocycles. The van der Waals surface area contributed by atoms with Crippen molar-refractivity contribution in [3.05, 3.63) is 59.4 Å². The molecule has 1 aliphatic carbocycles. The number of nitrogens with one attached hydrogen (secondary N) is 2. The highest BCUT2D eigenvalue weighted by Crippen LogP contribution is 2.33. The van der Waals surface area contributed by atoms with E-state index in [1.165, 1.54) is 0 Å². The van der Waals surface area contributed by atoms with Gasteiger partial charge >= 0.3 is 6.18 Å². The second kappa shape index (κ2) is 10.5. The normalized spacial score (nSPS) is 18.4. The number of nitrogens with zero attached hydrogens (tertiary/aromatic N) is 3. The summed E-state index contributed by atoms with van der Waals surface area (Å²) in [5, 5.41) is 7.58. The lowest BCUT2D eigenvalue weighted by molar-refractivity contribution is -0.138. The van der Waals surface area contributed by atoms with Crippen LogP contribution in [0.15, 0.2) is 42.5 Å². The molecule has 0 bridgehead atoms. The minimum atomic E-state index is -4.50. The number of halogens is 4. The largest absolute Gasteiger partial charge is 0.416 e. The Morgan fingerprint density at radius 2 is 1.65 bits per heavy atom. The number of fused-ring (bicyclic) bond motifs is 1. The van der Waals surface area contributed by atoms with E-state index >= 15 is 0 Å². The van der Waals surface area contributed by atoms with E-state index in [-0.39, 0.29) is 31.6 Å². The molecule has 5 nitrogen and oxygen atoms in total. The van der Waals surface area contributed by atoms with Gasteiger partial charge in [-0.15, -0.1) is 0 Å². The molecule has 1 heterocycles. The molecule has 0 amide bonds. The van der Waals surface area contributed by atoms with Crippen molar-refractivity contribution in [2.45, 2.75) is 57.9 Å². The van der Waals surface area contributed by atoms with Crippen molar-refractivity contribution in [1.29, 1.82) is 0 Å². The molecule has 0 spiro atoms. The highest BCUT2D eigenvalue weighted by molar-refractivity contribution is 5.90. The van der Waals surface area contributed by atoms with Gasteiger partial charge in [0.2, 0.25) is 5.95 Å². The zero-order valence-corrected chi connectivity index (χ0v) is 18.6. The Kier molecular flexibility index (Phi) is 7.97. The van der Waals surface area contributed by atoms with Crippen LogP contribution < -0.4 is 15.5 Å². The molecule has 1 fully saturated rings. The number of aromatic nitrogens is 2. The maximum atomic E-state index is 13.5. The van der Waals surface area contributed by atoms with Gasteiger partial charge in [0, 0.05) is 38.1 Å². The van der Waals surface area contributed by atoms with Crippen LogP contribution in [0.3, 0.4) is 0 Å². The van der Waals surface area contributed by atoms with Crippen LogP contribution in [0.5, 0.6) is 0 Å². The first-order valence-corrected chi connectivity index (χ1v) is 11.0. The summed E-state index contributed by atoms with van der Waals surface area (Å²) in [4.78, 5) is 11.3. The molecule has 0 unspecified atom stereocenters. The van der Waals surface area contributed by atoms with E-state index in [4.69, 9.17) is 0 Å². The van der Waals surface area contributed by atoms with E-state index in [0.29, 0.717) is 5.95 Å². The van der Waals surface area contributed by atoms with E-state index in [1.54, 1.807) is 0 Å². The minimum Gasteiger partial charge on any atom is -0.362 e. The highest BCUT2D eigenvalue weighted by Gasteiger charge is 2.33. The Bertz CT molecular complexity index is 1110. The number of para-hydroxylation sites is 1. The molecule has 0 atom stereocenters. The van der Waals surface area contributed by atoms with Crippen LogP contribution in [0, 0.1) is 5.82 Å².